The Labute approximate surface area is 129 Å². The van der Waals surface area contributed by atoms with Crippen LogP contribution in [0.3, 0.4) is 0 Å². The van der Waals surface area contributed by atoms with Gasteiger partial charge in [-0.15, -0.1) is 0 Å². The third kappa shape index (κ3) is 2.64. The summed E-state index contributed by atoms with van der Waals surface area (Å²) in [7, 11) is 5.42. The minimum absolute atomic E-state index is 0.0765. The van der Waals surface area contributed by atoms with Crippen LogP contribution in [0.4, 0.5) is 0 Å². The lowest BCUT2D eigenvalue weighted by molar-refractivity contribution is -0.134. The second-order valence-corrected chi connectivity index (χ2v) is 5.64. The van der Waals surface area contributed by atoms with E-state index in [-0.39, 0.29) is 11.9 Å². The monoisotopic (exact) mass is 303 g/mol. The van der Waals surface area contributed by atoms with Crippen molar-refractivity contribution in [2.24, 2.45) is 14.1 Å². The Kier molecular flexibility index (Phi) is 3.98. The van der Waals surface area contributed by atoms with Gasteiger partial charge in [0.05, 0.1) is 36.7 Å². The lowest BCUT2D eigenvalue weighted by Gasteiger charge is -2.35. The zero-order chi connectivity index (χ0) is 15.7. The highest BCUT2D eigenvalue weighted by Crippen LogP contribution is 2.30. The number of carbonyl (C=O) groups is 1. The molecule has 1 aliphatic rings. The van der Waals surface area contributed by atoms with Gasteiger partial charge < -0.3 is 9.64 Å². The molecule has 1 atom stereocenters. The maximum absolute atomic E-state index is 12.7. The maximum Gasteiger partial charge on any atom is 0.229 e. The number of ether oxygens (including phenoxy) is 1. The van der Waals surface area contributed by atoms with E-state index >= 15 is 0 Å². The van der Waals surface area contributed by atoms with Crippen LogP contribution in [0.25, 0.3) is 0 Å². The molecule has 3 heterocycles. The van der Waals surface area contributed by atoms with Gasteiger partial charge in [0.2, 0.25) is 5.91 Å². The Hall–Kier alpha value is -2.15. The van der Waals surface area contributed by atoms with Crippen LogP contribution in [0.1, 0.15) is 23.0 Å². The van der Waals surface area contributed by atoms with E-state index in [2.05, 4.69) is 10.2 Å². The van der Waals surface area contributed by atoms with Crippen LogP contribution in [0.2, 0.25) is 0 Å². The normalized spacial score (nSPS) is 17.6. The summed E-state index contributed by atoms with van der Waals surface area (Å²) >= 11 is 0. The van der Waals surface area contributed by atoms with Gasteiger partial charge in [-0.25, -0.2) is 0 Å². The number of carbonyl (C=O) groups excluding carboxylic acids is 1. The summed E-state index contributed by atoms with van der Waals surface area (Å²) in [4.78, 5) is 14.6. The minimum atomic E-state index is -0.0857. The van der Waals surface area contributed by atoms with Crippen molar-refractivity contribution in [2.45, 2.75) is 18.9 Å². The number of aromatic nitrogens is 4. The van der Waals surface area contributed by atoms with E-state index in [4.69, 9.17) is 4.74 Å². The van der Waals surface area contributed by atoms with Crippen LogP contribution in [-0.4, -0.2) is 50.6 Å². The first kappa shape index (κ1) is 14.8. The summed E-state index contributed by atoms with van der Waals surface area (Å²) in [5.41, 5.74) is 3.06. The highest BCUT2D eigenvalue weighted by molar-refractivity contribution is 5.79. The van der Waals surface area contributed by atoms with E-state index in [1.807, 2.05) is 42.1 Å². The molecule has 118 valence electrons. The predicted molar refractivity (Wildman–Crippen MR) is 80.2 cm³/mol. The lowest BCUT2D eigenvalue weighted by Crippen LogP contribution is -2.43. The number of nitrogens with zero attached hydrogens (tertiary/aromatic N) is 5. The first-order valence-electron chi connectivity index (χ1n) is 7.38. The minimum Gasteiger partial charge on any atom is -0.382 e. The van der Waals surface area contributed by atoms with Gasteiger partial charge >= 0.3 is 0 Å². The Morgan fingerprint density at radius 3 is 2.95 bits per heavy atom. The molecule has 0 radical (unpaired) electrons. The highest BCUT2D eigenvalue weighted by Gasteiger charge is 2.33. The molecule has 0 fully saturated rings. The first-order chi connectivity index (χ1) is 10.6. The molecule has 3 rings (SSSR count). The fourth-order valence-corrected chi connectivity index (χ4v) is 3.10. The fourth-order valence-electron chi connectivity index (χ4n) is 3.10. The van der Waals surface area contributed by atoms with Crippen molar-refractivity contribution >= 4 is 5.91 Å². The van der Waals surface area contributed by atoms with Gasteiger partial charge in [-0.05, 0) is 18.1 Å². The number of fused-ring (bicyclic) bond motifs is 1. The second kappa shape index (κ2) is 5.92. The number of rotatable bonds is 4. The van der Waals surface area contributed by atoms with E-state index in [0.29, 0.717) is 19.6 Å². The molecule has 22 heavy (non-hydrogen) atoms. The van der Waals surface area contributed by atoms with Gasteiger partial charge in [-0.3, -0.25) is 14.2 Å². The average Bonchev–Trinajstić information content (AvgIpc) is 3.06. The Bertz CT molecular complexity index is 675. The summed E-state index contributed by atoms with van der Waals surface area (Å²) in [6.07, 6.45) is 4.88. The van der Waals surface area contributed by atoms with Crippen molar-refractivity contribution in [3.63, 3.8) is 0 Å². The molecule has 1 aliphatic heterocycles. The number of amides is 1. The van der Waals surface area contributed by atoms with Crippen molar-refractivity contribution in [1.29, 1.82) is 0 Å². The predicted octanol–water partition coefficient (Wildman–Crippen LogP) is 0.468. The molecule has 1 unspecified atom stereocenters. The molecule has 0 aliphatic carbocycles. The number of methoxy groups -OCH3 is 1. The maximum atomic E-state index is 12.7. The van der Waals surface area contributed by atoms with Gasteiger partial charge in [-0.1, -0.05) is 0 Å². The Morgan fingerprint density at radius 1 is 1.45 bits per heavy atom. The third-order valence-electron chi connectivity index (χ3n) is 4.12. The van der Waals surface area contributed by atoms with Crippen LogP contribution in [0.5, 0.6) is 0 Å². The molecule has 0 aromatic carbocycles. The largest absolute Gasteiger partial charge is 0.382 e. The number of aryl methyl sites for hydroxylation is 2. The van der Waals surface area contributed by atoms with E-state index in [1.165, 1.54) is 5.56 Å². The molecule has 2 aromatic rings. The molecule has 0 saturated carbocycles. The summed E-state index contributed by atoms with van der Waals surface area (Å²) in [5, 5.41) is 8.61. The van der Waals surface area contributed by atoms with Crippen molar-refractivity contribution < 1.29 is 9.53 Å². The smallest absolute Gasteiger partial charge is 0.229 e. The van der Waals surface area contributed by atoms with Crippen molar-refractivity contribution in [1.82, 2.24) is 24.5 Å². The molecule has 7 nitrogen and oxygen atoms in total. The highest BCUT2D eigenvalue weighted by atomic mass is 16.5. The zero-order valence-corrected chi connectivity index (χ0v) is 13.2. The molecule has 2 aromatic heterocycles. The quantitative estimate of drug-likeness (QED) is 0.823. The van der Waals surface area contributed by atoms with Crippen molar-refractivity contribution in [3.8, 4) is 0 Å². The van der Waals surface area contributed by atoms with E-state index < -0.39 is 0 Å². The Balaban J connectivity index is 1.83. The summed E-state index contributed by atoms with van der Waals surface area (Å²) in [6, 6.07) is 1.79. The topological polar surface area (TPSA) is 65.2 Å². The third-order valence-corrected chi connectivity index (χ3v) is 4.12. The van der Waals surface area contributed by atoms with Crippen LogP contribution in [0, 0.1) is 0 Å². The lowest BCUT2D eigenvalue weighted by atomic mass is 9.99. The summed E-state index contributed by atoms with van der Waals surface area (Å²) in [6.45, 7) is 1.17. The van der Waals surface area contributed by atoms with E-state index in [1.54, 1.807) is 11.8 Å². The van der Waals surface area contributed by atoms with Crippen LogP contribution in [0.15, 0.2) is 18.5 Å². The molecule has 0 saturated heterocycles. The van der Waals surface area contributed by atoms with Gasteiger partial charge in [0, 0.05) is 33.9 Å². The first-order valence-corrected chi connectivity index (χ1v) is 7.38. The van der Waals surface area contributed by atoms with Gasteiger partial charge in [0.15, 0.2) is 0 Å². The van der Waals surface area contributed by atoms with E-state index in [0.717, 1.165) is 17.8 Å². The van der Waals surface area contributed by atoms with Crippen LogP contribution >= 0.6 is 0 Å². The molecule has 0 N–H and O–H groups in total. The average molecular weight is 303 g/mol. The summed E-state index contributed by atoms with van der Waals surface area (Å²) in [5.74, 6) is 0.0765. The van der Waals surface area contributed by atoms with Gasteiger partial charge in [0.1, 0.15) is 0 Å². The van der Waals surface area contributed by atoms with Gasteiger partial charge in [-0.2, -0.15) is 10.2 Å². The molecular weight excluding hydrogens is 282 g/mol. The van der Waals surface area contributed by atoms with Gasteiger partial charge in [0.25, 0.3) is 0 Å². The second-order valence-electron chi connectivity index (χ2n) is 5.64. The molecule has 0 bridgehead atoms. The van der Waals surface area contributed by atoms with Crippen molar-refractivity contribution in [3.05, 3.63) is 35.4 Å². The zero-order valence-electron chi connectivity index (χ0n) is 13.2. The Morgan fingerprint density at radius 2 is 2.27 bits per heavy atom. The molecular formula is C15H21N5O2. The fraction of sp³-hybridized carbons (Fsp3) is 0.533. The van der Waals surface area contributed by atoms with Crippen molar-refractivity contribution in [2.75, 3.05) is 20.3 Å². The number of hydrogen-bond donors (Lipinski definition) is 0. The SMILES string of the molecule is COCC1c2c(cnn2C)CCN1C(=O)Cc1ccn(C)n1. The van der Waals surface area contributed by atoms with Crippen LogP contribution in [-0.2, 0) is 36.5 Å². The molecule has 1 amide bonds. The van der Waals surface area contributed by atoms with Crippen LogP contribution < -0.4 is 0 Å². The number of hydrogen-bond acceptors (Lipinski definition) is 4. The standard InChI is InChI=1S/C15H21N5O2/c1-18-6-5-12(17-18)8-14(21)20-7-4-11-9-16-19(2)15(11)13(20)10-22-3/h5-6,9,13H,4,7-8,10H2,1-3H3. The summed E-state index contributed by atoms with van der Waals surface area (Å²) < 4.78 is 8.90. The molecule has 7 heteroatoms. The van der Waals surface area contributed by atoms with E-state index in [9.17, 15) is 4.79 Å². The molecule has 0 spiro atoms.